The van der Waals surface area contributed by atoms with E-state index in [4.69, 9.17) is 0 Å². The normalized spacial score (nSPS) is 14.5. The van der Waals surface area contributed by atoms with Gasteiger partial charge in [-0.2, -0.15) is 0 Å². The molecule has 180 valence electrons. The number of hydrogen-bond donors (Lipinski definition) is 1. The Balaban J connectivity index is 1.35. The lowest BCUT2D eigenvalue weighted by Crippen LogP contribution is -2.32. The van der Waals surface area contributed by atoms with Crippen molar-refractivity contribution in [3.8, 4) is 5.75 Å². The van der Waals surface area contributed by atoms with Crippen molar-refractivity contribution in [2.45, 2.75) is 30.6 Å². The molecule has 0 aromatic heterocycles. The molecule has 0 spiro atoms. The molecule has 34 heavy (non-hydrogen) atoms. The SMILES string of the molecule is O=S(=O)(Nc1ccc(F)cc1)c1ccc2c(c1)CCN(CCc1ccc(OC(F)(F)F)cc1)C2. The van der Waals surface area contributed by atoms with Crippen LogP contribution in [0.3, 0.4) is 0 Å². The van der Waals surface area contributed by atoms with E-state index in [0.29, 0.717) is 25.9 Å². The van der Waals surface area contributed by atoms with Crippen LogP contribution in [0, 0.1) is 5.82 Å². The lowest BCUT2D eigenvalue weighted by atomic mass is 9.99. The second kappa shape index (κ2) is 9.63. The van der Waals surface area contributed by atoms with Gasteiger partial charge in [-0.05, 0) is 78.1 Å². The maximum absolute atomic E-state index is 13.1. The van der Waals surface area contributed by atoms with Gasteiger partial charge in [-0.3, -0.25) is 9.62 Å². The molecule has 0 atom stereocenters. The molecule has 1 N–H and O–H groups in total. The van der Waals surface area contributed by atoms with Crippen LogP contribution in [-0.4, -0.2) is 32.8 Å². The highest BCUT2D eigenvalue weighted by molar-refractivity contribution is 7.92. The second-order valence-electron chi connectivity index (χ2n) is 8.01. The summed E-state index contributed by atoms with van der Waals surface area (Å²) in [5, 5.41) is 0. The van der Waals surface area contributed by atoms with Gasteiger partial charge in [0.1, 0.15) is 11.6 Å². The molecule has 0 saturated heterocycles. The van der Waals surface area contributed by atoms with Gasteiger partial charge in [0.25, 0.3) is 10.0 Å². The minimum atomic E-state index is -4.71. The van der Waals surface area contributed by atoms with Gasteiger partial charge < -0.3 is 4.74 Å². The number of anilines is 1. The molecular formula is C24H22F4N2O3S. The first-order valence-corrected chi connectivity index (χ1v) is 12.0. The van der Waals surface area contributed by atoms with E-state index in [2.05, 4.69) is 14.4 Å². The lowest BCUT2D eigenvalue weighted by Gasteiger charge is -2.29. The van der Waals surface area contributed by atoms with Crippen molar-refractivity contribution in [1.29, 1.82) is 0 Å². The molecule has 0 aliphatic carbocycles. The Morgan fingerprint density at radius 1 is 0.941 bits per heavy atom. The van der Waals surface area contributed by atoms with Crippen molar-refractivity contribution in [2.75, 3.05) is 17.8 Å². The Kier molecular flexibility index (Phi) is 6.81. The molecular weight excluding hydrogens is 472 g/mol. The van der Waals surface area contributed by atoms with Crippen LogP contribution in [0.15, 0.2) is 71.6 Å². The number of benzene rings is 3. The molecule has 1 aliphatic rings. The molecule has 4 rings (SSSR count). The third kappa shape index (κ3) is 6.27. The van der Waals surface area contributed by atoms with E-state index >= 15 is 0 Å². The molecule has 0 bridgehead atoms. The predicted molar refractivity (Wildman–Crippen MR) is 119 cm³/mol. The van der Waals surface area contributed by atoms with Crippen LogP contribution in [0.1, 0.15) is 16.7 Å². The number of fused-ring (bicyclic) bond motifs is 1. The van der Waals surface area contributed by atoms with Gasteiger partial charge >= 0.3 is 6.36 Å². The second-order valence-corrected chi connectivity index (χ2v) is 9.69. The third-order valence-corrected chi connectivity index (χ3v) is 6.93. The van der Waals surface area contributed by atoms with Gasteiger partial charge in [-0.1, -0.05) is 18.2 Å². The summed E-state index contributed by atoms with van der Waals surface area (Å²) in [5.41, 5.74) is 3.16. The molecule has 0 saturated carbocycles. The highest BCUT2D eigenvalue weighted by Crippen LogP contribution is 2.25. The zero-order valence-corrected chi connectivity index (χ0v) is 18.8. The Morgan fingerprint density at radius 3 is 2.32 bits per heavy atom. The largest absolute Gasteiger partial charge is 0.573 e. The summed E-state index contributed by atoms with van der Waals surface area (Å²) in [7, 11) is -3.80. The van der Waals surface area contributed by atoms with Gasteiger partial charge in [0.15, 0.2) is 0 Å². The van der Waals surface area contributed by atoms with Gasteiger partial charge in [-0.15, -0.1) is 13.2 Å². The zero-order chi connectivity index (χ0) is 24.3. The quantitative estimate of drug-likeness (QED) is 0.463. The monoisotopic (exact) mass is 494 g/mol. The third-order valence-electron chi connectivity index (χ3n) is 5.55. The zero-order valence-electron chi connectivity index (χ0n) is 18.0. The number of halogens is 4. The van der Waals surface area contributed by atoms with Crippen LogP contribution in [0.4, 0.5) is 23.2 Å². The molecule has 3 aromatic rings. The first-order chi connectivity index (χ1) is 16.1. The van der Waals surface area contributed by atoms with Crippen LogP contribution in [0.5, 0.6) is 5.75 Å². The minimum Gasteiger partial charge on any atom is -0.406 e. The molecule has 1 aliphatic heterocycles. The average molecular weight is 495 g/mol. The van der Waals surface area contributed by atoms with Crippen molar-refractivity contribution in [3.05, 3.63) is 89.2 Å². The maximum atomic E-state index is 13.1. The fraction of sp³-hybridized carbons (Fsp3) is 0.250. The lowest BCUT2D eigenvalue weighted by molar-refractivity contribution is -0.274. The molecule has 5 nitrogen and oxygen atoms in total. The number of nitrogens with one attached hydrogen (secondary N) is 1. The van der Waals surface area contributed by atoms with E-state index in [1.54, 1.807) is 30.3 Å². The predicted octanol–water partition coefficient (Wildman–Crippen LogP) is 5.13. The maximum Gasteiger partial charge on any atom is 0.573 e. The number of hydrogen-bond acceptors (Lipinski definition) is 4. The summed E-state index contributed by atoms with van der Waals surface area (Å²) in [6.45, 7) is 2.10. The van der Waals surface area contributed by atoms with E-state index in [0.717, 1.165) is 23.2 Å². The summed E-state index contributed by atoms with van der Waals surface area (Å²) in [4.78, 5) is 2.36. The van der Waals surface area contributed by atoms with Crippen molar-refractivity contribution in [2.24, 2.45) is 0 Å². The molecule has 3 aromatic carbocycles. The average Bonchev–Trinajstić information content (AvgIpc) is 2.78. The van der Waals surface area contributed by atoms with Crippen molar-refractivity contribution < 1.29 is 30.7 Å². The summed E-state index contributed by atoms with van der Waals surface area (Å²) in [6.07, 6.45) is -3.37. The van der Waals surface area contributed by atoms with E-state index in [-0.39, 0.29) is 16.3 Å². The number of ether oxygens (including phenoxy) is 1. The van der Waals surface area contributed by atoms with Gasteiger partial charge in [0.2, 0.25) is 0 Å². The van der Waals surface area contributed by atoms with Gasteiger partial charge in [-0.25, -0.2) is 12.8 Å². The molecule has 0 fully saturated rings. The number of sulfonamides is 1. The summed E-state index contributed by atoms with van der Waals surface area (Å²) in [5.74, 6) is -0.698. The topological polar surface area (TPSA) is 58.6 Å². The van der Waals surface area contributed by atoms with E-state index < -0.39 is 22.2 Å². The number of alkyl halides is 3. The van der Waals surface area contributed by atoms with Crippen LogP contribution in [0.25, 0.3) is 0 Å². The van der Waals surface area contributed by atoms with E-state index in [1.165, 1.54) is 36.4 Å². The minimum absolute atomic E-state index is 0.144. The first-order valence-electron chi connectivity index (χ1n) is 10.5. The molecule has 0 unspecified atom stereocenters. The fourth-order valence-electron chi connectivity index (χ4n) is 3.82. The highest BCUT2D eigenvalue weighted by atomic mass is 32.2. The Morgan fingerprint density at radius 2 is 1.65 bits per heavy atom. The standard InChI is InChI=1S/C24H22F4N2O3S/c25-20-4-6-21(7-5-20)29-34(31,32)23-10-3-19-16-30(14-12-18(19)15-23)13-11-17-1-8-22(9-2-17)33-24(26,27)28/h1-10,15,29H,11-14,16H2. The summed E-state index contributed by atoms with van der Waals surface area (Å²) in [6, 6.07) is 15.9. The van der Waals surface area contributed by atoms with Crippen molar-refractivity contribution in [1.82, 2.24) is 4.90 Å². The first kappa shape index (κ1) is 24.0. The summed E-state index contributed by atoms with van der Waals surface area (Å²) >= 11 is 0. The molecule has 10 heteroatoms. The van der Waals surface area contributed by atoms with Crippen molar-refractivity contribution >= 4 is 15.7 Å². The highest BCUT2D eigenvalue weighted by Gasteiger charge is 2.31. The number of nitrogens with zero attached hydrogens (tertiary/aromatic N) is 1. The van der Waals surface area contributed by atoms with Crippen LogP contribution in [-0.2, 0) is 29.4 Å². The fourth-order valence-corrected chi connectivity index (χ4v) is 4.93. The van der Waals surface area contributed by atoms with Gasteiger partial charge in [0, 0.05) is 25.3 Å². The smallest absolute Gasteiger partial charge is 0.406 e. The van der Waals surface area contributed by atoms with Gasteiger partial charge in [0.05, 0.1) is 4.90 Å². The number of rotatable bonds is 7. The molecule has 0 radical (unpaired) electrons. The van der Waals surface area contributed by atoms with E-state index in [1.807, 2.05) is 0 Å². The summed E-state index contributed by atoms with van der Waals surface area (Å²) < 4.78 is 81.7. The Bertz CT molecular complexity index is 1240. The van der Waals surface area contributed by atoms with Crippen LogP contribution in [0.2, 0.25) is 0 Å². The van der Waals surface area contributed by atoms with Crippen LogP contribution >= 0.6 is 0 Å². The molecule has 1 heterocycles. The Labute approximate surface area is 195 Å². The van der Waals surface area contributed by atoms with Crippen LogP contribution < -0.4 is 9.46 Å². The molecule has 0 amide bonds. The Hall–Kier alpha value is -3.11. The van der Waals surface area contributed by atoms with Crippen molar-refractivity contribution in [3.63, 3.8) is 0 Å². The van der Waals surface area contributed by atoms with E-state index in [9.17, 15) is 26.0 Å².